The standard InChI is InChI=1S/C13H39N7Si2/c1-14(2)21(15(3)4,16(5)6)20(13)22(17(7)8,18(9)10)19(11)12/h1-13H3. The molecule has 7 nitrogen and oxygen atoms in total. The van der Waals surface area contributed by atoms with Gasteiger partial charge in [-0.3, -0.25) is 31.6 Å². The Kier molecular flexibility index (Phi) is 7.87. The zero-order chi connectivity index (χ0) is 18.0. The fraction of sp³-hybridized carbons (Fsp3) is 1.00. The van der Waals surface area contributed by atoms with Crippen LogP contribution in [0.25, 0.3) is 0 Å². The Morgan fingerprint density at radius 1 is 0.318 bits per heavy atom. The molecule has 134 valence electrons. The molecule has 0 atom stereocenters. The molecule has 0 aromatic heterocycles. The van der Waals surface area contributed by atoms with Crippen molar-refractivity contribution in [1.82, 2.24) is 31.6 Å². The molecule has 0 fully saturated rings. The highest BCUT2D eigenvalue weighted by atomic mass is 28.4. The Hall–Kier alpha value is 0.154. The topological polar surface area (TPSA) is 22.7 Å². The Morgan fingerprint density at radius 3 is 0.545 bits per heavy atom. The summed E-state index contributed by atoms with van der Waals surface area (Å²) in [5.41, 5.74) is 0. The first-order valence-electron chi connectivity index (χ1n) is 7.60. The summed E-state index contributed by atoms with van der Waals surface area (Å²) < 4.78 is 17.1. The van der Waals surface area contributed by atoms with Gasteiger partial charge in [0.1, 0.15) is 0 Å². The molecule has 0 heterocycles. The first kappa shape index (κ1) is 22.2. The van der Waals surface area contributed by atoms with Gasteiger partial charge in [0.25, 0.3) is 0 Å². The molecule has 0 amide bonds. The third-order valence-corrected chi connectivity index (χ3v) is 15.3. The highest BCUT2D eigenvalue weighted by molar-refractivity contribution is 6.84. The van der Waals surface area contributed by atoms with Crippen molar-refractivity contribution in [3.05, 3.63) is 0 Å². The van der Waals surface area contributed by atoms with Crippen molar-refractivity contribution in [3.63, 3.8) is 0 Å². The predicted octanol–water partition coefficient (Wildman–Crippen LogP) is -0.841. The van der Waals surface area contributed by atoms with E-state index < -0.39 is 17.4 Å². The van der Waals surface area contributed by atoms with Gasteiger partial charge in [-0.05, 0) is 91.6 Å². The maximum Gasteiger partial charge on any atom is 0.371 e. The van der Waals surface area contributed by atoms with Gasteiger partial charge < -0.3 is 0 Å². The molecule has 0 aliphatic heterocycles. The van der Waals surface area contributed by atoms with Gasteiger partial charge in [-0.1, -0.05) is 0 Å². The number of hydrogen-bond acceptors (Lipinski definition) is 7. The molecule has 0 aliphatic carbocycles. The van der Waals surface area contributed by atoms with Crippen molar-refractivity contribution in [2.24, 2.45) is 0 Å². The van der Waals surface area contributed by atoms with Crippen LogP contribution in [0.15, 0.2) is 0 Å². The highest BCUT2D eigenvalue weighted by Crippen LogP contribution is 2.26. The summed E-state index contributed by atoms with van der Waals surface area (Å²) in [6, 6.07) is 0. The highest BCUT2D eigenvalue weighted by Gasteiger charge is 2.60. The molecule has 0 rings (SSSR count). The second-order valence-electron chi connectivity index (χ2n) is 7.13. The Morgan fingerprint density at radius 2 is 0.455 bits per heavy atom. The van der Waals surface area contributed by atoms with Gasteiger partial charge >= 0.3 is 17.4 Å². The lowest BCUT2D eigenvalue weighted by Crippen LogP contribution is -2.90. The molecule has 0 unspecified atom stereocenters. The van der Waals surface area contributed by atoms with Crippen molar-refractivity contribution >= 4 is 17.4 Å². The Balaban J connectivity index is 6.46. The van der Waals surface area contributed by atoms with Gasteiger partial charge in [0.2, 0.25) is 0 Å². The molecule has 0 radical (unpaired) electrons. The van der Waals surface area contributed by atoms with Crippen molar-refractivity contribution < 1.29 is 0 Å². The van der Waals surface area contributed by atoms with Crippen LogP contribution in [0, 0.1) is 0 Å². The third-order valence-electron chi connectivity index (χ3n) is 4.50. The van der Waals surface area contributed by atoms with Crippen LogP contribution in [0.3, 0.4) is 0 Å². The minimum absolute atomic E-state index is 2.18. The summed E-state index contributed by atoms with van der Waals surface area (Å²) >= 11 is 0. The lowest BCUT2D eigenvalue weighted by Gasteiger charge is -2.60. The number of nitrogens with zero attached hydrogens (tertiary/aromatic N) is 7. The summed E-state index contributed by atoms with van der Waals surface area (Å²) in [4.78, 5) is 0. The molecular weight excluding hydrogens is 310 g/mol. The van der Waals surface area contributed by atoms with E-state index in [0.717, 1.165) is 0 Å². The third kappa shape index (κ3) is 3.19. The average molecular weight is 350 g/mol. The van der Waals surface area contributed by atoms with E-state index in [4.69, 9.17) is 0 Å². The van der Waals surface area contributed by atoms with E-state index in [1.165, 1.54) is 0 Å². The SMILES string of the molecule is CN(C)[Si](N(C)C)(N(C)C)N(C)[Si](N(C)C)(N(C)C)N(C)C. The largest absolute Gasteiger partial charge is 0.371 e. The van der Waals surface area contributed by atoms with Crippen LogP contribution in [0.5, 0.6) is 0 Å². The molecule has 22 heavy (non-hydrogen) atoms. The maximum absolute atomic E-state index is 2.65. The van der Waals surface area contributed by atoms with E-state index in [1.54, 1.807) is 0 Å². The summed E-state index contributed by atoms with van der Waals surface area (Å²) in [5, 5.41) is 0. The fourth-order valence-corrected chi connectivity index (χ4v) is 18.0. The normalized spacial score (nSPS) is 14.7. The predicted molar refractivity (Wildman–Crippen MR) is 101 cm³/mol. The number of hydrogen-bond donors (Lipinski definition) is 0. The Labute approximate surface area is 141 Å². The smallest absolute Gasteiger partial charge is 0.293 e. The van der Waals surface area contributed by atoms with Crippen LogP contribution >= 0.6 is 0 Å². The van der Waals surface area contributed by atoms with E-state index in [9.17, 15) is 0 Å². The van der Waals surface area contributed by atoms with Crippen molar-refractivity contribution in [2.75, 3.05) is 91.6 Å². The summed E-state index contributed by atoms with van der Waals surface area (Å²) in [7, 11) is 24.3. The molecular formula is C13H39N7Si2. The van der Waals surface area contributed by atoms with Gasteiger partial charge in [-0.2, -0.15) is 0 Å². The minimum Gasteiger partial charge on any atom is -0.293 e. The van der Waals surface area contributed by atoms with Crippen molar-refractivity contribution in [1.29, 1.82) is 0 Å². The van der Waals surface area contributed by atoms with Crippen LogP contribution in [-0.4, -0.2) is 141 Å². The average Bonchev–Trinajstić information content (AvgIpc) is 2.26. The van der Waals surface area contributed by atoms with E-state index >= 15 is 0 Å². The van der Waals surface area contributed by atoms with E-state index in [2.05, 4.69) is 123 Å². The fourth-order valence-electron chi connectivity index (χ4n) is 4.40. The second-order valence-corrected chi connectivity index (χ2v) is 16.7. The van der Waals surface area contributed by atoms with Crippen LogP contribution in [0.4, 0.5) is 0 Å². The molecule has 0 spiro atoms. The summed E-state index contributed by atoms with van der Waals surface area (Å²) in [6.07, 6.45) is 0. The van der Waals surface area contributed by atoms with Gasteiger partial charge in [0, 0.05) is 0 Å². The van der Waals surface area contributed by atoms with E-state index in [-0.39, 0.29) is 0 Å². The maximum atomic E-state index is 2.65. The van der Waals surface area contributed by atoms with Crippen LogP contribution in [0.2, 0.25) is 0 Å². The molecule has 0 aromatic carbocycles. The number of rotatable bonds is 8. The zero-order valence-electron chi connectivity index (χ0n) is 17.1. The van der Waals surface area contributed by atoms with Crippen molar-refractivity contribution in [3.8, 4) is 0 Å². The molecule has 0 aliphatic rings. The van der Waals surface area contributed by atoms with E-state index in [1.807, 2.05) is 0 Å². The van der Waals surface area contributed by atoms with Crippen LogP contribution in [-0.2, 0) is 0 Å². The van der Waals surface area contributed by atoms with Gasteiger partial charge in [0.05, 0.1) is 0 Å². The van der Waals surface area contributed by atoms with Gasteiger partial charge in [-0.25, -0.2) is 0 Å². The van der Waals surface area contributed by atoms with Gasteiger partial charge in [0.15, 0.2) is 0 Å². The first-order valence-corrected chi connectivity index (χ1v) is 11.2. The summed E-state index contributed by atoms with van der Waals surface area (Å²) in [5.74, 6) is 0. The van der Waals surface area contributed by atoms with Crippen molar-refractivity contribution in [2.45, 2.75) is 0 Å². The summed E-state index contributed by atoms with van der Waals surface area (Å²) in [6.45, 7) is 0. The quantitative estimate of drug-likeness (QED) is 0.526. The van der Waals surface area contributed by atoms with E-state index in [0.29, 0.717) is 0 Å². The Bertz CT molecular complexity index is 270. The zero-order valence-corrected chi connectivity index (χ0v) is 19.1. The molecule has 0 saturated carbocycles. The molecule has 0 bridgehead atoms. The molecule has 9 heteroatoms. The van der Waals surface area contributed by atoms with Gasteiger partial charge in [-0.15, -0.1) is 0 Å². The monoisotopic (exact) mass is 349 g/mol. The minimum atomic E-state index is -2.18. The van der Waals surface area contributed by atoms with Crippen LogP contribution in [0.1, 0.15) is 0 Å². The first-order chi connectivity index (χ1) is 9.81. The molecule has 0 N–H and O–H groups in total. The van der Waals surface area contributed by atoms with Crippen LogP contribution < -0.4 is 0 Å². The molecule has 0 aromatic rings. The second kappa shape index (κ2) is 7.82. The lowest BCUT2D eigenvalue weighted by atomic mass is 11.2. The molecule has 0 saturated heterocycles. The lowest BCUT2D eigenvalue weighted by molar-refractivity contribution is 0.254.